The van der Waals surface area contributed by atoms with E-state index in [4.69, 9.17) is 11.5 Å². The van der Waals surface area contributed by atoms with Crippen molar-refractivity contribution in [2.75, 3.05) is 52.3 Å². The summed E-state index contributed by atoms with van der Waals surface area (Å²) < 4.78 is 0. The first kappa shape index (κ1) is 101. The van der Waals surface area contributed by atoms with Crippen LogP contribution in [0, 0.1) is 5.92 Å². The lowest BCUT2D eigenvalue weighted by molar-refractivity contribution is -0.149. The van der Waals surface area contributed by atoms with E-state index >= 15 is 38.4 Å². The van der Waals surface area contributed by atoms with Gasteiger partial charge in [-0.2, -0.15) is 0 Å². The van der Waals surface area contributed by atoms with Crippen molar-refractivity contribution >= 4 is 134 Å². The summed E-state index contributed by atoms with van der Waals surface area (Å²) in [4.78, 5) is 275. The lowest BCUT2D eigenvalue weighted by Gasteiger charge is -2.36. The van der Waals surface area contributed by atoms with Crippen LogP contribution in [-0.4, -0.2) is 286 Å². The van der Waals surface area contributed by atoms with Crippen molar-refractivity contribution in [1.82, 2.24) is 103 Å². The zero-order chi connectivity index (χ0) is 95.8. The Morgan fingerprint density at radius 1 is 0.561 bits per heavy atom. The number of nitrogens with one attached hydrogen (secondary N) is 13. The minimum atomic E-state index is -1.80. The van der Waals surface area contributed by atoms with E-state index in [9.17, 15) is 43.2 Å². The van der Waals surface area contributed by atoms with Crippen LogP contribution in [0.15, 0.2) is 123 Å². The predicted molar refractivity (Wildman–Crippen MR) is 491 cm³/mol. The molecule has 0 radical (unpaired) electrons. The second-order valence-electron chi connectivity index (χ2n) is 34.6. The molecule has 1 saturated carbocycles. The van der Waals surface area contributed by atoms with Crippen molar-refractivity contribution in [3.63, 3.8) is 0 Å². The van der Waals surface area contributed by atoms with E-state index in [0.29, 0.717) is 65.5 Å². The molecule has 3 saturated heterocycles. The average Bonchev–Trinajstić information content (AvgIpc) is 1.55. The number of nitrogens with two attached hydrogens (primary N) is 2. The number of aromatic nitrogens is 5. The topological polar surface area (TPSA) is 552 Å². The molecule has 710 valence electrons. The predicted octanol–water partition coefficient (Wildman–Crippen LogP) is 1.00. The van der Waals surface area contributed by atoms with Gasteiger partial charge in [-0.25, -0.2) is 4.98 Å². The van der Waals surface area contributed by atoms with Gasteiger partial charge in [0.25, 0.3) is 0 Å². The van der Waals surface area contributed by atoms with E-state index in [0.717, 1.165) is 32.5 Å². The fourth-order valence-electron chi connectivity index (χ4n) is 17.2. The highest BCUT2D eigenvalue weighted by molar-refractivity contribution is 8.00. The number of unbranched alkanes of at least 4 members (excludes halogenated alkanes) is 2. The van der Waals surface area contributed by atoms with E-state index in [2.05, 4.69) is 91.2 Å². The zero-order valence-corrected chi connectivity index (χ0v) is 76.7. The molecule has 7 heterocycles. The van der Waals surface area contributed by atoms with Gasteiger partial charge in [0.05, 0.1) is 30.7 Å². The third-order valence-corrected chi connectivity index (χ3v) is 25.7. The Hall–Kier alpha value is -13.3. The van der Waals surface area contributed by atoms with Gasteiger partial charge in [-0.1, -0.05) is 108 Å². The van der Waals surface area contributed by atoms with Gasteiger partial charge in [0.2, 0.25) is 100 Å². The molecule has 2 aromatic carbocycles. The van der Waals surface area contributed by atoms with E-state index in [-0.39, 0.29) is 102 Å². The lowest BCUT2D eigenvalue weighted by atomic mass is 9.99. The number of hydrogen-bond acceptors (Lipinski definition) is 20. The molecule has 40 heteroatoms. The second kappa shape index (κ2) is 47.0. The molecule has 17 N–H and O–H groups in total. The fraction of sp³-hybridized carbons (Fsp3) is 0.511. The first-order valence-corrected chi connectivity index (χ1v) is 46.1. The Labute approximate surface area is 769 Å². The van der Waals surface area contributed by atoms with Gasteiger partial charge in [-0.05, 0) is 112 Å². The van der Waals surface area contributed by atoms with Crippen LogP contribution in [0.3, 0.4) is 0 Å². The van der Waals surface area contributed by atoms with Gasteiger partial charge in [0.15, 0.2) is 0 Å². The summed E-state index contributed by atoms with van der Waals surface area (Å²) >= 11 is 0.806. The minimum Gasteiger partial charge on any atom is -0.370 e. The molecule has 1 aliphatic carbocycles. The van der Waals surface area contributed by atoms with E-state index in [1.165, 1.54) is 73.6 Å². The molecule has 4 aromatic heterocycles. The van der Waals surface area contributed by atoms with Crippen molar-refractivity contribution in [3.8, 4) is 0 Å². The smallest absolute Gasteiger partial charge is 0.247 e. The molecule has 132 heavy (non-hydrogen) atoms. The standard InChI is InChI=1S/C92H124N22O17S/c1-11-15-32-71-83(123)102-63(25-13-3)80(120)107-70(79(119)99-48-76(94)116)49-132-50-77(117)101-68(41-55-27-21-22-36-96-55)86(126)110(8)53(7)78(118)104-69(43-75(93)115)89(129)113-37-23-34-72(113)84(124)103-65(42-56-46-95-51-100-56)82(122)105-66(39-52(5)6)88(128)114-38-24-35-73(114)85(125)109-92(44-60(92)59-47-98-62-31-20-18-29-58(59)62)91(131)108-64(26-14-4)81(121)106-67(40-54-45-97-61-30-19-17-28-57(54)61)87(127)112(10)74(33-16-12-2)90(130)111(71)9/h13-14,17-22,27-31,36,45-47,51-53,60,63-74,97-98H,3-4,11-12,15-16,23-26,32-35,37-44,48-50H2,1-2,5-10H3,(H2,93,115)(H2,94,116)(H,95,100)(H,99,119)(H,101,117)(H,102,123)(H,103,124)(H,104,118)(H,105,122)(H,106,121)(H,107,120)(H,108,131)(H,109,125)/t53-,60?,63-,64-,65-,66-,67-,68-,69-,70-,71-,72-,73?,74-,92?/m0/s1. The summed E-state index contributed by atoms with van der Waals surface area (Å²) in [7, 11) is 4.06. The van der Waals surface area contributed by atoms with Crippen LogP contribution in [0.5, 0.6) is 0 Å². The van der Waals surface area contributed by atoms with E-state index < -0.39 is 209 Å². The Morgan fingerprint density at radius 3 is 1.74 bits per heavy atom. The molecule has 0 bridgehead atoms. The number of fused-ring (bicyclic) bond motifs is 4. The highest BCUT2D eigenvalue weighted by atomic mass is 32.2. The van der Waals surface area contributed by atoms with Crippen LogP contribution in [-0.2, 0) is 101 Å². The van der Waals surface area contributed by atoms with Gasteiger partial charge in [-0.15, -0.1) is 24.9 Å². The first-order valence-electron chi connectivity index (χ1n) is 44.9. The van der Waals surface area contributed by atoms with Crippen molar-refractivity contribution in [2.24, 2.45) is 17.4 Å². The number of imidazole rings is 1. The van der Waals surface area contributed by atoms with Crippen molar-refractivity contribution in [2.45, 2.75) is 240 Å². The molecule has 1 spiro atoms. The third kappa shape index (κ3) is 25.7. The number of nitrogens with zero attached hydrogens (tertiary/aromatic N) is 7. The molecule has 4 fully saturated rings. The number of primary amides is 2. The monoisotopic (exact) mass is 1840 g/mol. The molecule has 3 unspecified atom stereocenters. The maximum Gasteiger partial charge on any atom is 0.247 e. The third-order valence-electron chi connectivity index (χ3n) is 24.7. The largest absolute Gasteiger partial charge is 0.370 e. The van der Waals surface area contributed by atoms with Crippen LogP contribution < -0.4 is 64.6 Å². The highest BCUT2D eigenvalue weighted by Crippen LogP contribution is 2.54. The molecular formula is C92H124N22O17S. The SMILES string of the molecule is C=CC[C@@H]1NC(=O)[C@H](CCCC)N(C)C(=O)[C@H](CCCC)N(C)C(=O)[C@H](Cc2c[nH]c3ccccc23)NC(=O)[C@H](CC=C)NC(=O)C2(CC2c2c[nH]c3ccccc23)NC(=O)C2CCCN2C(=O)[C@H](CC(C)C)NC(=O)[C@H](Cc2c[nH]cn2)NC(=O)[C@@H]2CCCN2C(=O)[C@H](CC(N)=O)NC(=O)[C@H](C)N(C)C(=O)[C@H](Cc2ccccn2)NC(=O)CSC[C@@H](C(=O)NCC(N)=O)NC1=O. The van der Waals surface area contributed by atoms with Crippen LogP contribution in [0.1, 0.15) is 159 Å². The maximum atomic E-state index is 15.8. The van der Waals surface area contributed by atoms with Crippen molar-refractivity contribution < 1.29 is 81.5 Å². The molecular weight excluding hydrogens is 1720 g/mol. The van der Waals surface area contributed by atoms with Crippen LogP contribution >= 0.6 is 11.8 Å². The Bertz CT molecular complexity index is 5200. The van der Waals surface area contributed by atoms with E-state index in [1.54, 1.807) is 36.7 Å². The molecule has 4 aliphatic rings. The van der Waals surface area contributed by atoms with Crippen molar-refractivity contribution in [1.29, 1.82) is 0 Å². The van der Waals surface area contributed by atoms with Gasteiger partial charge < -0.3 is 104 Å². The van der Waals surface area contributed by atoms with Crippen LogP contribution in [0.4, 0.5) is 0 Å². The van der Waals surface area contributed by atoms with Gasteiger partial charge in [-0.3, -0.25) is 86.5 Å². The number of aromatic amines is 3. The Morgan fingerprint density at radius 2 is 1.11 bits per heavy atom. The number of carbonyl (C=O) groups is 17. The molecule has 3 aliphatic heterocycles. The van der Waals surface area contributed by atoms with Crippen molar-refractivity contribution in [3.05, 3.63) is 146 Å². The summed E-state index contributed by atoms with van der Waals surface area (Å²) in [5, 5.41) is 29.0. The average molecular weight is 1840 g/mol. The number of pyridine rings is 1. The summed E-state index contributed by atoms with van der Waals surface area (Å²) in [5.74, 6) is -16.3. The molecule has 39 nitrogen and oxygen atoms in total. The normalized spacial score (nSPS) is 25.9. The summed E-state index contributed by atoms with van der Waals surface area (Å²) in [6, 6.07) is 0.785. The number of amides is 17. The summed E-state index contributed by atoms with van der Waals surface area (Å²) in [6.07, 6.45) is 11.2. The molecule has 6 aromatic rings. The molecule has 15 atom stereocenters. The van der Waals surface area contributed by atoms with Gasteiger partial charge in [0.1, 0.15) is 84.1 Å². The number of likely N-dealkylation sites (N-methyl/N-ethyl adjacent to an activating group) is 3. The number of thioether (sulfide) groups is 1. The second-order valence-corrected chi connectivity index (χ2v) is 35.7. The molecule has 17 amide bonds. The van der Waals surface area contributed by atoms with Gasteiger partial charge >= 0.3 is 0 Å². The number of para-hydroxylation sites is 2. The Kier molecular flexibility index (Phi) is 35.9. The first-order chi connectivity index (χ1) is 63.1. The Balaban J connectivity index is 1.01. The quantitative estimate of drug-likeness (QED) is 0.0376. The molecule has 10 rings (SSSR count). The number of hydrogen-bond donors (Lipinski definition) is 15. The highest BCUT2D eigenvalue weighted by Gasteiger charge is 2.64. The number of benzene rings is 2. The number of rotatable bonds is 24. The summed E-state index contributed by atoms with van der Waals surface area (Å²) in [5.41, 5.74) is 12.7. The minimum absolute atomic E-state index is 0.000746. The fourth-order valence-corrected chi connectivity index (χ4v) is 18.1. The van der Waals surface area contributed by atoms with Crippen LogP contribution in [0.25, 0.3) is 21.8 Å². The number of H-pyrrole nitrogens is 3. The zero-order valence-electron chi connectivity index (χ0n) is 75.9. The van der Waals surface area contributed by atoms with Gasteiger partial charge in [0, 0.05) is 117 Å². The lowest BCUT2D eigenvalue weighted by Crippen LogP contribution is -2.62. The number of carbonyl (C=O) groups excluding carboxylic acids is 17. The van der Waals surface area contributed by atoms with Crippen LogP contribution in [0.2, 0.25) is 0 Å². The summed E-state index contributed by atoms with van der Waals surface area (Å²) in [6.45, 7) is 15.7. The maximum absolute atomic E-state index is 15.8. The van der Waals surface area contributed by atoms with E-state index in [1.807, 2.05) is 70.2 Å².